The van der Waals surface area contributed by atoms with E-state index >= 15 is 0 Å². The third kappa shape index (κ3) is 12.3. The van der Waals surface area contributed by atoms with E-state index < -0.39 is 0 Å². The van der Waals surface area contributed by atoms with Crippen LogP contribution >= 0.6 is 17.0 Å². The molecule has 0 radical (unpaired) electrons. The fourth-order valence-electron chi connectivity index (χ4n) is 0. The standard InChI is InChI=1S/CHN.BrH.Na.H/c1-2;;;/h1H;1H;;/q;;+1;-1. The number of halogens is 1. The van der Waals surface area contributed by atoms with Gasteiger partial charge in [0, 0.05) is 6.57 Å². The Bertz CT molecular complexity index is 16.4. The summed E-state index contributed by atoms with van der Waals surface area (Å²) >= 11 is 0. The van der Waals surface area contributed by atoms with Crippen LogP contribution in [0.15, 0.2) is 0 Å². The summed E-state index contributed by atoms with van der Waals surface area (Å²) < 4.78 is 0. The van der Waals surface area contributed by atoms with Crippen molar-refractivity contribution in [2.45, 2.75) is 0 Å². The molecule has 3 heteroatoms. The molecule has 20 valence electrons. The van der Waals surface area contributed by atoms with Gasteiger partial charge >= 0.3 is 29.6 Å². The van der Waals surface area contributed by atoms with Gasteiger partial charge in [0.25, 0.3) is 0 Å². The van der Waals surface area contributed by atoms with Gasteiger partial charge in [-0.15, -0.1) is 17.0 Å². The molecule has 1 nitrogen and oxygen atoms in total. The molecule has 0 amide bonds. The molecule has 0 fully saturated rings. The van der Waals surface area contributed by atoms with E-state index in [0.29, 0.717) is 0 Å². The van der Waals surface area contributed by atoms with E-state index in [-0.39, 0.29) is 48.0 Å². The maximum absolute atomic E-state index is 6.50. The molecule has 0 saturated heterocycles. The third-order valence-electron chi connectivity index (χ3n) is 0. The van der Waals surface area contributed by atoms with E-state index in [9.17, 15) is 0 Å². The normalized spacial score (nSPS) is 0.500. The van der Waals surface area contributed by atoms with E-state index in [1.165, 1.54) is 0 Å². The van der Waals surface area contributed by atoms with Gasteiger partial charge < -0.3 is 1.43 Å². The van der Waals surface area contributed by atoms with Crippen molar-refractivity contribution in [3.63, 3.8) is 0 Å². The minimum atomic E-state index is 0. The summed E-state index contributed by atoms with van der Waals surface area (Å²) in [5, 5.41) is 6.50. The van der Waals surface area contributed by atoms with Crippen LogP contribution in [0.2, 0.25) is 0 Å². The van der Waals surface area contributed by atoms with Gasteiger partial charge in [-0.25, -0.2) is 5.26 Å². The molecule has 0 aliphatic heterocycles. The number of hydrogen-bond acceptors (Lipinski definition) is 1. The van der Waals surface area contributed by atoms with E-state index in [1.807, 2.05) is 0 Å². The molecule has 0 atom stereocenters. The third-order valence-corrected chi connectivity index (χ3v) is 0. The average molecular weight is 132 g/mol. The Labute approximate surface area is 59.5 Å². The molecule has 4 heavy (non-hydrogen) atoms. The molecule has 0 aromatic carbocycles. The average Bonchev–Trinajstić information content (AvgIpc) is 1.00. The smallest absolute Gasteiger partial charge is 1.00 e. The van der Waals surface area contributed by atoms with Crippen molar-refractivity contribution >= 4 is 17.0 Å². The largest absolute Gasteiger partial charge is 1.00 e. The van der Waals surface area contributed by atoms with Gasteiger partial charge in [-0.3, -0.25) is 0 Å². The quantitative estimate of drug-likeness (QED) is 0.344. The molecule has 0 bridgehead atoms. The molecule has 0 aromatic rings. The first kappa shape index (κ1) is 20.2. The summed E-state index contributed by atoms with van der Waals surface area (Å²) in [5.74, 6) is 0. The first-order valence-electron chi connectivity index (χ1n) is 0.258. The van der Waals surface area contributed by atoms with Crippen LogP contribution in [-0.2, 0) is 0 Å². The van der Waals surface area contributed by atoms with Gasteiger partial charge in [0.05, 0.1) is 0 Å². The molecule has 0 rings (SSSR count). The Kier molecular flexibility index (Phi) is 188. The van der Waals surface area contributed by atoms with Crippen molar-refractivity contribution in [2.24, 2.45) is 0 Å². The molecule has 0 aromatic heterocycles. The molecule has 0 N–H and O–H groups in total. The molecular formula is CH3BrNNa. The van der Waals surface area contributed by atoms with Gasteiger partial charge in [-0.05, 0) is 0 Å². The van der Waals surface area contributed by atoms with Crippen LogP contribution in [-0.4, -0.2) is 0 Å². The molecular weight excluding hydrogens is 129 g/mol. The first-order valence-corrected chi connectivity index (χ1v) is 0.258. The van der Waals surface area contributed by atoms with Crippen LogP contribution < -0.4 is 29.6 Å². The second-order valence-corrected chi connectivity index (χ2v) is 0. The van der Waals surface area contributed by atoms with Crippen molar-refractivity contribution in [3.8, 4) is 6.57 Å². The van der Waals surface area contributed by atoms with E-state index in [2.05, 4.69) is 6.57 Å². The van der Waals surface area contributed by atoms with Crippen molar-refractivity contribution in [2.75, 3.05) is 0 Å². The van der Waals surface area contributed by atoms with Crippen LogP contribution in [0, 0.1) is 11.8 Å². The Morgan fingerprint density at radius 3 is 1.50 bits per heavy atom. The summed E-state index contributed by atoms with van der Waals surface area (Å²) in [6.07, 6.45) is 0. The van der Waals surface area contributed by atoms with Crippen LogP contribution in [0.3, 0.4) is 0 Å². The maximum Gasteiger partial charge on any atom is 1.00 e. The number of rotatable bonds is 0. The number of hydrogen-bond donors (Lipinski definition) is 0. The van der Waals surface area contributed by atoms with Gasteiger partial charge in [-0.1, -0.05) is 0 Å². The summed E-state index contributed by atoms with van der Waals surface area (Å²) in [4.78, 5) is 0. The second-order valence-electron chi connectivity index (χ2n) is 0. The number of nitriles is 1. The van der Waals surface area contributed by atoms with Crippen molar-refractivity contribution < 1.29 is 31.0 Å². The Morgan fingerprint density at radius 1 is 1.50 bits per heavy atom. The van der Waals surface area contributed by atoms with Crippen molar-refractivity contribution in [1.29, 1.82) is 5.26 Å². The molecule has 0 heterocycles. The zero-order valence-electron chi connectivity index (χ0n) is 3.43. The van der Waals surface area contributed by atoms with Gasteiger partial charge in [0.1, 0.15) is 0 Å². The molecule has 0 saturated carbocycles. The van der Waals surface area contributed by atoms with Gasteiger partial charge in [-0.2, -0.15) is 0 Å². The number of nitrogens with zero attached hydrogens (tertiary/aromatic N) is 1. The predicted octanol–water partition coefficient (Wildman–Crippen LogP) is -2.17. The SMILES string of the molecule is Br.C#N.[H-].[Na+]. The van der Waals surface area contributed by atoms with Crippen LogP contribution in [0.1, 0.15) is 1.43 Å². The Hall–Kier alpha value is 0.970. The fraction of sp³-hybridized carbons (Fsp3) is 0. The van der Waals surface area contributed by atoms with E-state index in [1.54, 1.807) is 0 Å². The minimum Gasteiger partial charge on any atom is -1.00 e. The monoisotopic (exact) mass is 131 g/mol. The second kappa shape index (κ2) is 37.2. The maximum atomic E-state index is 6.50. The zero-order valence-corrected chi connectivity index (χ0v) is 6.15. The summed E-state index contributed by atoms with van der Waals surface area (Å²) in [5.41, 5.74) is 0. The first-order chi connectivity index (χ1) is 1.00. The molecule has 0 spiro atoms. The van der Waals surface area contributed by atoms with Crippen LogP contribution in [0.5, 0.6) is 0 Å². The summed E-state index contributed by atoms with van der Waals surface area (Å²) in [6, 6.07) is 0. The minimum absolute atomic E-state index is 0. The van der Waals surface area contributed by atoms with Crippen molar-refractivity contribution in [3.05, 3.63) is 0 Å². The molecule has 0 aliphatic rings. The molecule has 0 aliphatic carbocycles. The Morgan fingerprint density at radius 2 is 1.50 bits per heavy atom. The van der Waals surface area contributed by atoms with Gasteiger partial charge in [0.2, 0.25) is 0 Å². The fourth-order valence-corrected chi connectivity index (χ4v) is 0. The van der Waals surface area contributed by atoms with Crippen molar-refractivity contribution in [1.82, 2.24) is 0 Å². The zero-order chi connectivity index (χ0) is 2.00. The predicted molar refractivity (Wildman–Crippen MR) is 18.1 cm³/mol. The summed E-state index contributed by atoms with van der Waals surface area (Å²) in [6.45, 7) is 3.50. The van der Waals surface area contributed by atoms with Crippen LogP contribution in [0.25, 0.3) is 0 Å². The summed E-state index contributed by atoms with van der Waals surface area (Å²) in [7, 11) is 0. The molecule has 0 unspecified atom stereocenters. The van der Waals surface area contributed by atoms with Gasteiger partial charge in [0.15, 0.2) is 0 Å². The topological polar surface area (TPSA) is 23.8 Å². The Balaban J connectivity index is -0.00000000167. The van der Waals surface area contributed by atoms with E-state index in [4.69, 9.17) is 5.26 Å². The van der Waals surface area contributed by atoms with E-state index in [0.717, 1.165) is 0 Å². The van der Waals surface area contributed by atoms with Crippen LogP contribution in [0.4, 0.5) is 0 Å².